The molecule has 152 valence electrons. The van der Waals surface area contributed by atoms with Crippen LogP contribution in [0.4, 0.5) is 0 Å². The fraction of sp³-hybridized carbons (Fsp3) is 0.636. The molecule has 0 unspecified atom stereocenters. The van der Waals surface area contributed by atoms with E-state index in [1.807, 2.05) is 30.3 Å². The molecular weight excluding hydrogens is 342 g/mol. The average Bonchev–Trinajstić information content (AvgIpc) is 2.68. The fourth-order valence-electron chi connectivity index (χ4n) is 3.16. The smallest absolute Gasteiger partial charge is 0.307 e. The van der Waals surface area contributed by atoms with Crippen molar-refractivity contribution in [2.75, 3.05) is 14.2 Å². The molecule has 0 spiro atoms. The minimum Gasteiger partial charge on any atom is -0.469 e. The first-order valence-corrected chi connectivity index (χ1v) is 10.1. The van der Waals surface area contributed by atoms with E-state index < -0.39 is 6.10 Å². The summed E-state index contributed by atoms with van der Waals surface area (Å²) in [7, 11) is 2.89. The van der Waals surface area contributed by atoms with E-state index in [1.54, 1.807) is 0 Å². The maximum atomic E-state index is 12.7. The second-order valence-electron chi connectivity index (χ2n) is 6.92. The number of amides is 1. The van der Waals surface area contributed by atoms with Crippen molar-refractivity contribution in [2.45, 2.75) is 76.9 Å². The van der Waals surface area contributed by atoms with Crippen LogP contribution in [0.5, 0.6) is 0 Å². The van der Waals surface area contributed by atoms with Crippen molar-refractivity contribution >= 4 is 11.9 Å². The zero-order chi connectivity index (χ0) is 19.9. The molecule has 0 fully saturated rings. The van der Waals surface area contributed by atoms with E-state index in [0.29, 0.717) is 0 Å². The van der Waals surface area contributed by atoms with Crippen LogP contribution >= 0.6 is 0 Å². The quantitative estimate of drug-likeness (QED) is 0.381. The minimum absolute atomic E-state index is 0.184. The van der Waals surface area contributed by atoms with Gasteiger partial charge in [-0.3, -0.25) is 9.59 Å². The lowest BCUT2D eigenvalue weighted by atomic mass is 10.0. The van der Waals surface area contributed by atoms with Crippen molar-refractivity contribution in [3.8, 4) is 0 Å². The molecule has 1 aromatic carbocycles. The van der Waals surface area contributed by atoms with E-state index in [2.05, 4.69) is 12.2 Å². The number of benzene rings is 1. The summed E-state index contributed by atoms with van der Waals surface area (Å²) in [5.41, 5.74) is 0.797. The summed E-state index contributed by atoms with van der Waals surface area (Å²) >= 11 is 0. The van der Waals surface area contributed by atoms with E-state index >= 15 is 0 Å². The van der Waals surface area contributed by atoms with Gasteiger partial charge in [-0.15, -0.1) is 0 Å². The highest BCUT2D eigenvalue weighted by atomic mass is 16.5. The van der Waals surface area contributed by atoms with Crippen molar-refractivity contribution in [3.63, 3.8) is 0 Å². The highest BCUT2D eigenvalue weighted by Gasteiger charge is 2.24. The monoisotopic (exact) mass is 377 g/mol. The molecule has 0 radical (unpaired) electrons. The Hall–Kier alpha value is -1.88. The van der Waals surface area contributed by atoms with E-state index in [-0.39, 0.29) is 24.3 Å². The van der Waals surface area contributed by atoms with Crippen LogP contribution in [0.1, 0.15) is 76.4 Å². The third kappa shape index (κ3) is 9.57. The van der Waals surface area contributed by atoms with Gasteiger partial charge in [-0.25, -0.2) is 0 Å². The molecule has 1 N–H and O–H groups in total. The van der Waals surface area contributed by atoms with E-state index in [4.69, 9.17) is 9.47 Å². The Morgan fingerprint density at radius 2 is 1.59 bits per heavy atom. The summed E-state index contributed by atoms with van der Waals surface area (Å²) in [5, 5.41) is 2.98. The maximum absolute atomic E-state index is 12.7. The molecule has 0 bridgehead atoms. The molecule has 0 aliphatic heterocycles. The molecule has 1 amide bonds. The molecule has 0 heterocycles. The Labute approximate surface area is 163 Å². The third-order valence-electron chi connectivity index (χ3n) is 4.72. The van der Waals surface area contributed by atoms with Crippen LogP contribution in [-0.2, 0) is 19.1 Å². The van der Waals surface area contributed by atoms with Gasteiger partial charge < -0.3 is 14.8 Å². The standard InChI is InChI=1S/C22H35NO4/c1-4-5-6-7-8-9-13-16-19(17-20(24)26-2)23-22(25)21(27-3)18-14-11-10-12-15-18/h10-12,14-15,19,21H,4-9,13,16-17H2,1-3H3,(H,23,25)/t19-,21+/m1/s1. The molecule has 27 heavy (non-hydrogen) atoms. The molecule has 0 aliphatic rings. The summed E-state index contributed by atoms with van der Waals surface area (Å²) in [5.74, 6) is -0.530. The first-order valence-electron chi connectivity index (χ1n) is 10.1. The Morgan fingerprint density at radius 1 is 0.963 bits per heavy atom. The van der Waals surface area contributed by atoms with Gasteiger partial charge >= 0.3 is 5.97 Å². The molecule has 1 aromatic rings. The van der Waals surface area contributed by atoms with E-state index in [9.17, 15) is 9.59 Å². The van der Waals surface area contributed by atoms with Gasteiger partial charge in [-0.1, -0.05) is 82.2 Å². The largest absolute Gasteiger partial charge is 0.469 e. The number of hydrogen-bond acceptors (Lipinski definition) is 4. The van der Waals surface area contributed by atoms with Gasteiger partial charge in [0.05, 0.1) is 13.5 Å². The fourth-order valence-corrected chi connectivity index (χ4v) is 3.16. The van der Waals surface area contributed by atoms with Crippen molar-refractivity contribution in [1.82, 2.24) is 5.32 Å². The third-order valence-corrected chi connectivity index (χ3v) is 4.72. The first-order chi connectivity index (χ1) is 13.1. The topological polar surface area (TPSA) is 64.6 Å². The second-order valence-corrected chi connectivity index (χ2v) is 6.92. The van der Waals surface area contributed by atoms with Gasteiger partial charge in [-0.05, 0) is 12.0 Å². The number of methoxy groups -OCH3 is 2. The number of rotatable bonds is 14. The molecule has 0 aromatic heterocycles. The summed E-state index contributed by atoms with van der Waals surface area (Å²) in [6.07, 6.45) is 8.63. The number of esters is 1. The number of hydrogen-bond donors (Lipinski definition) is 1. The molecular formula is C22H35NO4. The molecule has 0 saturated heterocycles. The Morgan fingerprint density at radius 3 is 2.19 bits per heavy atom. The molecule has 5 heteroatoms. The second kappa shape index (κ2) is 14.2. The zero-order valence-electron chi connectivity index (χ0n) is 17.0. The number of nitrogens with one attached hydrogen (secondary N) is 1. The maximum Gasteiger partial charge on any atom is 0.307 e. The summed E-state index contributed by atoms with van der Waals surface area (Å²) < 4.78 is 10.2. The Kier molecular flexibility index (Phi) is 12.2. The van der Waals surface area contributed by atoms with Crippen LogP contribution < -0.4 is 5.32 Å². The highest BCUT2D eigenvalue weighted by molar-refractivity contribution is 5.83. The summed E-state index contributed by atoms with van der Waals surface area (Å²) in [6, 6.07) is 9.13. The lowest BCUT2D eigenvalue weighted by Crippen LogP contribution is -2.40. The number of ether oxygens (including phenoxy) is 2. The predicted octanol–water partition coefficient (Wildman–Crippen LogP) is 4.56. The summed E-state index contributed by atoms with van der Waals surface area (Å²) in [6.45, 7) is 2.21. The molecule has 5 nitrogen and oxygen atoms in total. The van der Waals surface area contributed by atoms with Gasteiger partial charge in [-0.2, -0.15) is 0 Å². The lowest BCUT2D eigenvalue weighted by Gasteiger charge is -2.22. The number of carbonyl (C=O) groups is 2. The SMILES string of the molecule is CCCCCCCCC[C@H](CC(=O)OC)NC(=O)[C@@H](OC)c1ccccc1. The van der Waals surface area contributed by atoms with Gasteiger partial charge in [0.25, 0.3) is 5.91 Å². The van der Waals surface area contributed by atoms with Gasteiger partial charge in [0.15, 0.2) is 6.10 Å². The van der Waals surface area contributed by atoms with E-state index in [1.165, 1.54) is 46.3 Å². The lowest BCUT2D eigenvalue weighted by molar-refractivity contribution is -0.141. The summed E-state index contributed by atoms with van der Waals surface area (Å²) in [4.78, 5) is 24.4. The van der Waals surface area contributed by atoms with Crippen molar-refractivity contribution < 1.29 is 19.1 Å². The first kappa shape index (κ1) is 23.2. The highest BCUT2D eigenvalue weighted by Crippen LogP contribution is 2.18. The minimum atomic E-state index is -0.680. The van der Waals surface area contributed by atoms with Crippen molar-refractivity contribution in [3.05, 3.63) is 35.9 Å². The molecule has 0 aliphatic carbocycles. The van der Waals surface area contributed by atoms with Crippen LogP contribution in [0.25, 0.3) is 0 Å². The van der Waals surface area contributed by atoms with Gasteiger partial charge in [0.1, 0.15) is 0 Å². The number of carbonyl (C=O) groups excluding carboxylic acids is 2. The van der Waals surface area contributed by atoms with Crippen LogP contribution in [-0.4, -0.2) is 32.1 Å². The van der Waals surface area contributed by atoms with Crippen molar-refractivity contribution in [2.24, 2.45) is 0 Å². The zero-order valence-corrected chi connectivity index (χ0v) is 17.0. The van der Waals surface area contributed by atoms with Crippen molar-refractivity contribution in [1.29, 1.82) is 0 Å². The predicted molar refractivity (Wildman–Crippen MR) is 107 cm³/mol. The van der Waals surface area contributed by atoms with Gasteiger partial charge in [0.2, 0.25) is 0 Å². The molecule has 0 saturated carbocycles. The normalized spacial score (nSPS) is 13.0. The average molecular weight is 378 g/mol. The number of unbranched alkanes of at least 4 members (excludes halogenated alkanes) is 6. The Balaban J connectivity index is 2.54. The molecule has 1 rings (SSSR count). The van der Waals surface area contributed by atoms with Crippen LogP contribution in [0, 0.1) is 0 Å². The Bertz CT molecular complexity index is 532. The van der Waals surface area contributed by atoms with E-state index in [0.717, 1.165) is 24.8 Å². The van der Waals surface area contributed by atoms with Crippen LogP contribution in [0.2, 0.25) is 0 Å². The molecule has 2 atom stereocenters. The van der Waals surface area contributed by atoms with Crippen LogP contribution in [0.15, 0.2) is 30.3 Å². The van der Waals surface area contributed by atoms with Crippen LogP contribution in [0.3, 0.4) is 0 Å². The van der Waals surface area contributed by atoms with Gasteiger partial charge in [0, 0.05) is 13.2 Å².